The van der Waals surface area contributed by atoms with Gasteiger partial charge in [0.05, 0.1) is 16.0 Å². The summed E-state index contributed by atoms with van der Waals surface area (Å²) >= 11 is 1.59. The van der Waals surface area contributed by atoms with Crippen LogP contribution in [0.1, 0.15) is 5.56 Å². The predicted octanol–water partition coefficient (Wildman–Crippen LogP) is 4.92. The average molecular weight is 335 g/mol. The van der Waals surface area contributed by atoms with E-state index in [0.717, 1.165) is 16.4 Å². The molecule has 5 nitrogen and oxygen atoms in total. The van der Waals surface area contributed by atoms with Crippen LogP contribution in [0.25, 0.3) is 21.8 Å². The maximum absolute atomic E-state index is 10.8. The van der Waals surface area contributed by atoms with Gasteiger partial charge in [0.2, 0.25) is 0 Å². The Morgan fingerprint density at radius 1 is 1.04 bits per heavy atom. The van der Waals surface area contributed by atoms with Crippen LogP contribution in [0.15, 0.2) is 65.8 Å². The maximum Gasteiger partial charge on any atom is 0.271 e. The van der Waals surface area contributed by atoms with Gasteiger partial charge in [0.25, 0.3) is 5.69 Å². The zero-order chi connectivity index (χ0) is 16.5. The van der Waals surface area contributed by atoms with Crippen molar-refractivity contribution in [1.29, 1.82) is 0 Å². The molecule has 3 aromatic carbocycles. The molecular weight excluding hydrogens is 322 g/mol. The third-order valence-electron chi connectivity index (χ3n) is 3.84. The van der Waals surface area contributed by atoms with Crippen molar-refractivity contribution in [3.63, 3.8) is 0 Å². The predicted molar refractivity (Wildman–Crippen MR) is 96.3 cm³/mol. The van der Waals surface area contributed by atoms with Gasteiger partial charge in [0, 0.05) is 17.9 Å². The van der Waals surface area contributed by atoms with Crippen molar-refractivity contribution < 1.29 is 4.92 Å². The molecule has 24 heavy (non-hydrogen) atoms. The number of nitro benzene ring substituents is 1. The first-order valence-corrected chi connectivity index (χ1v) is 8.42. The quantitative estimate of drug-likeness (QED) is 0.326. The number of aromatic amines is 1. The van der Waals surface area contributed by atoms with Gasteiger partial charge in [-0.2, -0.15) is 0 Å². The molecule has 1 aromatic heterocycles. The topological polar surface area (TPSA) is 71.8 Å². The van der Waals surface area contributed by atoms with E-state index in [1.807, 2.05) is 12.1 Å². The first kappa shape index (κ1) is 14.7. The normalized spacial score (nSPS) is 11.2. The van der Waals surface area contributed by atoms with Crippen molar-refractivity contribution in [3.8, 4) is 0 Å². The van der Waals surface area contributed by atoms with E-state index in [9.17, 15) is 10.1 Å². The molecule has 1 heterocycles. The third-order valence-corrected chi connectivity index (χ3v) is 4.79. The molecule has 0 unspecified atom stereocenters. The van der Waals surface area contributed by atoms with Crippen LogP contribution < -0.4 is 0 Å². The standard InChI is InChI=1S/C18H13N3O2S/c22-21(23)15-7-8-16-17(10-15)20-18(19-16)24-11-12-5-6-13-3-1-2-4-14(13)9-12/h1-10H,11H2,(H,19,20). The molecule has 0 amide bonds. The summed E-state index contributed by atoms with van der Waals surface area (Å²) in [4.78, 5) is 18.1. The lowest BCUT2D eigenvalue weighted by molar-refractivity contribution is -0.384. The molecule has 4 rings (SSSR count). The molecule has 0 spiro atoms. The fourth-order valence-electron chi connectivity index (χ4n) is 2.64. The van der Waals surface area contributed by atoms with Crippen molar-refractivity contribution >= 4 is 39.3 Å². The highest BCUT2D eigenvalue weighted by Gasteiger charge is 2.10. The molecular formula is C18H13N3O2S. The molecule has 0 radical (unpaired) electrons. The van der Waals surface area contributed by atoms with Crippen LogP contribution in [0, 0.1) is 10.1 Å². The monoisotopic (exact) mass is 335 g/mol. The van der Waals surface area contributed by atoms with E-state index < -0.39 is 4.92 Å². The molecule has 4 aromatic rings. The van der Waals surface area contributed by atoms with E-state index in [4.69, 9.17) is 0 Å². The second-order valence-corrected chi connectivity index (χ2v) is 6.43. The molecule has 0 aliphatic carbocycles. The molecule has 0 saturated carbocycles. The third kappa shape index (κ3) is 2.83. The van der Waals surface area contributed by atoms with Gasteiger partial charge >= 0.3 is 0 Å². The van der Waals surface area contributed by atoms with Gasteiger partial charge in [-0.3, -0.25) is 10.1 Å². The molecule has 6 heteroatoms. The van der Waals surface area contributed by atoms with E-state index in [2.05, 4.69) is 40.3 Å². The molecule has 0 atom stereocenters. The summed E-state index contributed by atoms with van der Waals surface area (Å²) in [6.07, 6.45) is 0. The van der Waals surface area contributed by atoms with Crippen molar-refractivity contribution in [2.24, 2.45) is 0 Å². The highest BCUT2D eigenvalue weighted by Crippen LogP contribution is 2.26. The molecule has 0 aliphatic heterocycles. The first-order valence-electron chi connectivity index (χ1n) is 7.44. The summed E-state index contributed by atoms with van der Waals surface area (Å²) in [6.45, 7) is 0. The molecule has 0 aliphatic rings. The number of nitro groups is 1. The van der Waals surface area contributed by atoms with Crippen LogP contribution in [0.4, 0.5) is 5.69 Å². The Hall–Kier alpha value is -2.86. The van der Waals surface area contributed by atoms with Gasteiger partial charge in [0.1, 0.15) is 0 Å². The van der Waals surface area contributed by atoms with Gasteiger partial charge in [0.15, 0.2) is 5.16 Å². The van der Waals surface area contributed by atoms with Crippen molar-refractivity contribution in [3.05, 3.63) is 76.3 Å². The van der Waals surface area contributed by atoms with Crippen molar-refractivity contribution in [2.45, 2.75) is 10.9 Å². The zero-order valence-corrected chi connectivity index (χ0v) is 13.4. The minimum Gasteiger partial charge on any atom is -0.333 e. The lowest BCUT2D eigenvalue weighted by Crippen LogP contribution is -1.86. The van der Waals surface area contributed by atoms with Gasteiger partial charge in [-0.25, -0.2) is 4.98 Å². The fraction of sp³-hybridized carbons (Fsp3) is 0.0556. The number of imidazole rings is 1. The van der Waals surface area contributed by atoms with Crippen LogP contribution in [0.2, 0.25) is 0 Å². The Kier molecular flexibility index (Phi) is 3.66. The van der Waals surface area contributed by atoms with E-state index in [1.165, 1.54) is 28.5 Å². The fourth-order valence-corrected chi connectivity index (χ4v) is 3.46. The second-order valence-electron chi connectivity index (χ2n) is 5.47. The Bertz CT molecular complexity index is 1060. The van der Waals surface area contributed by atoms with E-state index in [1.54, 1.807) is 17.8 Å². The van der Waals surface area contributed by atoms with Gasteiger partial charge in [-0.15, -0.1) is 0 Å². The van der Waals surface area contributed by atoms with Crippen LogP contribution in [0.5, 0.6) is 0 Å². The van der Waals surface area contributed by atoms with Crippen molar-refractivity contribution in [2.75, 3.05) is 0 Å². The van der Waals surface area contributed by atoms with Crippen molar-refractivity contribution in [1.82, 2.24) is 9.97 Å². The van der Waals surface area contributed by atoms with Crippen LogP contribution in [-0.2, 0) is 5.75 Å². The Labute approximate surface area is 141 Å². The number of rotatable bonds is 4. The number of benzene rings is 3. The van der Waals surface area contributed by atoms with Gasteiger partial charge in [-0.05, 0) is 22.4 Å². The van der Waals surface area contributed by atoms with Crippen LogP contribution in [0.3, 0.4) is 0 Å². The van der Waals surface area contributed by atoms with Crippen LogP contribution >= 0.6 is 11.8 Å². The average Bonchev–Trinajstić information content (AvgIpc) is 3.01. The minimum atomic E-state index is -0.401. The lowest BCUT2D eigenvalue weighted by Gasteiger charge is -2.02. The molecule has 0 bridgehead atoms. The van der Waals surface area contributed by atoms with E-state index in [0.29, 0.717) is 5.52 Å². The van der Waals surface area contributed by atoms with E-state index in [-0.39, 0.29) is 5.69 Å². The first-order chi connectivity index (χ1) is 11.7. The number of non-ortho nitro benzene ring substituents is 1. The van der Waals surface area contributed by atoms with Gasteiger partial charge < -0.3 is 4.98 Å². The lowest BCUT2D eigenvalue weighted by atomic mass is 10.1. The summed E-state index contributed by atoms with van der Waals surface area (Å²) in [5, 5.41) is 14.0. The zero-order valence-electron chi connectivity index (χ0n) is 12.6. The van der Waals surface area contributed by atoms with Crippen LogP contribution in [-0.4, -0.2) is 14.9 Å². The highest BCUT2D eigenvalue weighted by atomic mass is 32.2. The Morgan fingerprint density at radius 2 is 1.88 bits per heavy atom. The summed E-state index contributed by atoms with van der Waals surface area (Å²) in [6, 6.07) is 19.3. The molecule has 118 valence electrons. The smallest absolute Gasteiger partial charge is 0.271 e. The Balaban J connectivity index is 1.56. The number of nitrogens with zero attached hydrogens (tertiary/aromatic N) is 2. The number of hydrogen-bond acceptors (Lipinski definition) is 4. The number of H-pyrrole nitrogens is 1. The summed E-state index contributed by atoms with van der Waals surface area (Å²) in [7, 11) is 0. The highest BCUT2D eigenvalue weighted by molar-refractivity contribution is 7.98. The SMILES string of the molecule is O=[N+]([O-])c1ccc2nc(SCc3ccc4ccccc4c3)[nH]c2c1. The maximum atomic E-state index is 10.8. The largest absolute Gasteiger partial charge is 0.333 e. The number of hydrogen-bond donors (Lipinski definition) is 1. The second kappa shape index (κ2) is 5.98. The molecule has 0 fully saturated rings. The number of thioether (sulfide) groups is 1. The molecule has 0 saturated heterocycles. The van der Waals surface area contributed by atoms with Gasteiger partial charge in [-0.1, -0.05) is 54.2 Å². The summed E-state index contributed by atoms with van der Waals surface area (Å²) < 4.78 is 0. The summed E-state index contributed by atoms with van der Waals surface area (Å²) in [5.74, 6) is 0.784. The minimum absolute atomic E-state index is 0.0669. The van der Waals surface area contributed by atoms with E-state index >= 15 is 0 Å². The number of nitrogens with one attached hydrogen (secondary N) is 1. The molecule has 1 N–H and O–H groups in total. The Morgan fingerprint density at radius 3 is 2.71 bits per heavy atom. The number of fused-ring (bicyclic) bond motifs is 2. The number of aromatic nitrogens is 2. The summed E-state index contributed by atoms with van der Waals surface area (Å²) in [5.41, 5.74) is 2.70.